The number of carbonyl (C=O) groups is 1. The zero-order valence-corrected chi connectivity index (χ0v) is 16.4. The first-order valence-electron chi connectivity index (χ1n) is 8.51. The lowest BCUT2D eigenvalue weighted by atomic mass is 10.2. The molecular weight excluding hydrogens is 417 g/mol. The van der Waals surface area contributed by atoms with Gasteiger partial charge in [-0.05, 0) is 36.4 Å². The monoisotopic (exact) mass is 429 g/mol. The van der Waals surface area contributed by atoms with Gasteiger partial charge in [0.2, 0.25) is 5.89 Å². The van der Waals surface area contributed by atoms with Crippen LogP contribution in [0, 0.1) is 5.82 Å². The van der Waals surface area contributed by atoms with E-state index in [0.29, 0.717) is 32.7 Å². The van der Waals surface area contributed by atoms with Gasteiger partial charge in [-0.3, -0.25) is 4.79 Å². The minimum atomic E-state index is -0.479. The molecule has 0 atom stereocenters. The second kappa shape index (κ2) is 8.50. The quantitative estimate of drug-likeness (QED) is 0.404. The zero-order valence-electron chi connectivity index (χ0n) is 14.8. The van der Waals surface area contributed by atoms with E-state index in [1.54, 1.807) is 41.8 Å². The lowest BCUT2D eigenvalue weighted by Crippen LogP contribution is -2.08. The third kappa shape index (κ3) is 4.85. The Bertz CT molecular complexity index is 1140. The van der Waals surface area contributed by atoms with Crippen molar-refractivity contribution in [2.75, 3.05) is 0 Å². The summed E-state index contributed by atoms with van der Waals surface area (Å²) in [4.78, 5) is 16.4. The number of ether oxygens (including phenoxy) is 1. The number of nitrogens with zero attached hydrogens (tertiary/aromatic N) is 3. The second-order valence-electron chi connectivity index (χ2n) is 6.00. The van der Waals surface area contributed by atoms with Crippen LogP contribution in [0.25, 0.3) is 22.0 Å². The third-order valence-electron chi connectivity index (χ3n) is 3.86. The molecule has 29 heavy (non-hydrogen) atoms. The van der Waals surface area contributed by atoms with Gasteiger partial charge in [-0.1, -0.05) is 23.7 Å². The molecule has 0 amide bonds. The van der Waals surface area contributed by atoms with Crippen LogP contribution >= 0.6 is 22.9 Å². The average molecular weight is 430 g/mol. The first-order chi connectivity index (χ1) is 14.1. The van der Waals surface area contributed by atoms with E-state index in [4.69, 9.17) is 20.8 Å². The normalized spacial score (nSPS) is 10.8. The fourth-order valence-electron chi connectivity index (χ4n) is 2.50. The smallest absolute Gasteiger partial charge is 0.312 e. The summed E-state index contributed by atoms with van der Waals surface area (Å²) in [6.45, 7) is -0.139. The topological polar surface area (TPSA) is 78.1 Å². The first kappa shape index (κ1) is 19.2. The highest BCUT2D eigenvalue weighted by Crippen LogP contribution is 2.25. The molecule has 0 saturated carbocycles. The minimum Gasteiger partial charge on any atom is -0.455 e. The molecule has 0 radical (unpaired) electrons. The minimum absolute atomic E-state index is 0.00993. The molecule has 0 bridgehead atoms. The van der Waals surface area contributed by atoms with Crippen molar-refractivity contribution in [2.45, 2.75) is 13.0 Å². The van der Waals surface area contributed by atoms with Crippen molar-refractivity contribution < 1.29 is 18.3 Å². The van der Waals surface area contributed by atoms with Crippen LogP contribution in [-0.4, -0.2) is 21.2 Å². The van der Waals surface area contributed by atoms with Gasteiger partial charge in [-0.15, -0.1) is 21.5 Å². The van der Waals surface area contributed by atoms with Crippen LogP contribution in [-0.2, 0) is 22.6 Å². The van der Waals surface area contributed by atoms with Crippen molar-refractivity contribution in [1.29, 1.82) is 0 Å². The molecule has 146 valence electrons. The molecule has 2 heterocycles. The molecule has 6 nitrogen and oxygen atoms in total. The summed E-state index contributed by atoms with van der Waals surface area (Å²) in [5.74, 6) is -0.322. The SMILES string of the molecule is O=C(Cc1csc(-c2cccc(F)c2)n1)OCc1nnc(-c2ccc(Cl)cc2)o1. The summed E-state index contributed by atoms with van der Waals surface area (Å²) in [7, 11) is 0. The fourth-order valence-corrected chi connectivity index (χ4v) is 3.45. The van der Waals surface area contributed by atoms with E-state index in [-0.39, 0.29) is 24.7 Å². The molecule has 9 heteroatoms. The molecule has 0 unspecified atom stereocenters. The molecule has 2 aromatic carbocycles. The van der Waals surface area contributed by atoms with E-state index in [0.717, 1.165) is 0 Å². The van der Waals surface area contributed by atoms with Gasteiger partial charge in [-0.2, -0.15) is 0 Å². The van der Waals surface area contributed by atoms with Crippen LogP contribution in [0.1, 0.15) is 11.6 Å². The lowest BCUT2D eigenvalue weighted by Gasteiger charge is -2.00. The number of rotatable bonds is 6. The van der Waals surface area contributed by atoms with E-state index in [1.807, 2.05) is 0 Å². The van der Waals surface area contributed by atoms with Gasteiger partial charge in [-0.25, -0.2) is 9.37 Å². The Kier molecular flexibility index (Phi) is 5.64. The van der Waals surface area contributed by atoms with E-state index < -0.39 is 5.97 Å². The summed E-state index contributed by atoms with van der Waals surface area (Å²) < 4.78 is 24.0. The molecular formula is C20H13ClFN3O3S. The van der Waals surface area contributed by atoms with Crippen molar-refractivity contribution in [2.24, 2.45) is 0 Å². The molecule has 2 aromatic heterocycles. The molecule has 0 aliphatic carbocycles. The highest BCUT2D eigenvalue weighted by molar-refractivity contribution is 7.13. The van der Waals surface area contributed by atoms with E-state index >= 15 is 0 Å². The fraction of sp³-hybridized carbons (Fsp3) is 0.100. The summed E-state index contributed by atoms with van der Waals surface area (Å²) in [6.07, 6.45) is -0.00993. The average Bonchev–Trinajstić information content (AvgIpc) is 3.37. The van der Waals surface area contributed by atoms with E-state index in [2.05, 4.69) is 15.2 Å². The number of aromatic nitrogens is 3. The van der Waals surface area contributed by atoms with E-state index in [1.165, 1.54) is 23.5 Å². The largest absolute Gasteiger partial charge is 0.455 e. The van der Waals surface area contributed by atoms with Gasteiger partial charge < -0.3 is 9.15 Å². The molecule has 0 fully saturated rings. The lowest BCUT2D eigenvalue weighted by molar-refractivity contribution is -0.144. The number of carbonyl (C=O) groups excluding carboxylic acids is 1. The van der Waals surface area contributed by atoms with Crippen LogP contribution in [0.4, 0.5) is 4.39 Å². The summed E-state index contributed by atoms with van der Waals surface area (Å²) in [5, 5.41) is 10.8. The van der Waals surface area contributed by atoms with Crippen LogP contribution in [0.15, 0.2) is 58.3 Å². The number of halogens is 2. The van der Waals surface area contributed by atoms with Crippen molar-refractivity contribution >= 4 is 28.9 Å². The number of thiazole rings is 1. The van der Waals surface area contributed by atoms with Crippen molar-refractivity contribution in [3.8, 4) is 22.0 Å². The van der Waals surface area contributed by atoms with E-state index in [9.17, 15) is 9.18 Å². The number of hydrogen-bond acceptors (Lipinski definition) is 7. The van der Waals surface area contributed by atoms with Crippen LogP contribution < -0.4 is 0 Å². The summed E-state index contributed by atoms with van der Waals surface area (Å²) in [5.41, 5.74) is 1.92. The van der Waals surface area contributed by atoms with Crippen LogP contribution in [0.5, 0.6) is 0 Å². The summed E-state index contributed by atoms with van der Waals surface area (Å²) in [6, 6.07) is 13.1. The molecule has 4 aromatic rings. The highest BCUT2D eigenvalue weighted by atomic mass is 35.5. The van der Waals surface area contributed by atoms with Crippen molar-refractivity contribution in [1.82, 2.24) is 15.2 Å². The second-order valence-corrected chi connectivity index (χ2v) is 7.29. The Balaban J connectivity index is 1.33. The Morgan fingerprint density at radius 2 is 1.97 bits per heavy atom. The van der Waals surface area contributed by atoms with Gasteiger partial charge in [0.15, 0.2) is 6.61 Å². The van der Waals surface area contributed by atoms with Gasteiger partial charge in [0.05, 0.1) is 12.1 Å². The third-order valence-corrected chi connectivity index (χ3v) is 5.06. The maximum atomic E-state index is 13.3. The Hall–Kier alpha value is -3.10. The van der Waals surface area contributed by atoms with Gasteiger partial charge >= 0.3 is 5.97 Å². The van der Waals surface area contributed by atoms with Gasteiger partial charge in [0, 0.05) is 21.5 Å². The first-order valence-corrected chi connectivity index (χ1v) is 9.77. The van der Waals surface area contributed by atoms with Crippen molar-refractivity contribution in [3.63, 3.8) is 0 Å². The Morgan fingerprint density at radius 3 is 2.76 bits per heavy atom. The maximum Gasteiger partial charge on any atom is 0.312 e. The molecule has 0 aliphatic heterocycles. The van der Waals surface area contributed by atoms with Gasteiger partial charge in [0.25, 0.3) is 5.89 Å². The van der Waals surface area contributed by atoms with Crippen LogP contribution in [0.3, 0.4) is 0 Å². The Labute approximate surface area is 174 Å². The number of benzene rings is 2. The zero-order chi connectivity index (χ0) is 20.2. The molecule has 0 aliphatic rings. The Morgan fingerprint density at radius 1 is 1.14 bits per heavy atom. The predicted molar refractivity (Wildman–Crippen MR) is 106 cm³/mol. The highest BCUT2D eigenvalue weighted by Gasteiger charge is 2.14. The number of esters is 1. The van der Waals surface area contributed by atoms with Crippen LogP contribution in [0.2, 0.25) is 5.02 Å². The standard InChI is InChI=1S/C20H13ClFN3O3S/c21-14-6-4-12(5-7-14)19-25-24-17(28-19)10-27-18(26)9-16-11-29-20(23-16)13-2-1-3-15(22)8-13/h1-8,11H,9-10H2. The molecule has 0 N–H and O–H groups in total. The maximum absolute atomic E-state index is 13.3. The molecule has 4 rings (SSSR count). The van der Waals surface area contributed by atoms with Crippen molar-refractivity contribution in [3.05, 3.63) is 76.3 Å². The number of hydrogen-bond donors (Lipinski definition) is 0. The molecule has 0 saturated heterocycles. The van der Waals surface area contributed by atoms with Gasteiger partial charge in [0.1, 0.15) is 10.8 Å². The predicted octanol–water partition coefficient (Wildman–Crippen LogP) is 4.94. The summed E-state index contributed by atoms with van der Waals surface area (Å²) >= 11 is 7.19. The molecule has 0 spiro atoms.